The van der Waals surface area contributed by atoms with Crippen LogP contribution in [0.4, 0.5) is 4.39 Å². The number of hydrogen-bond donors (Lipinski definition) is 0. The number of unbranched alkanes of at least 4 members (excludes halogenated alkanes) is 1. The minimum atomic E-state index is -1.75. The van der Waals surface area contributed by atoms with Crippen molar-refractivity contribution < 1.29 is 13.6 Å². The normalized spacial score (nSPS) is 12.3. The maximum absolute atomic E-state index is 16.3. The summed E-state index contributed by atoms with van der Waals surface area (Å²) in [7, 11) is -1.75. The molecule has 0 atom stereocenters. The first kappa shape index (κ1) is 30.1. The number of rotatable bonds is 11. The van der Waals surface area contributed by atoms with E-state index in [-0.39, 0.29) is 10.9 Å². The number of aryl methyl sites for hydroxylation is 2. The monoisotopic (exact) mass is 559 g/mol. The van der Waals surface area contributed by atoms with E-state index in [0.717, 1.165) is 53.6 Å². The van der Waals surface area contributed by atoms with Gasteiger partial charge in [0.15, 0.2) is 14.1 Å². The van der Waals surface area contributed by atoms with Crippen molar-refractivity contribution >= 4 is 19.2 Å². The lowest BCUT2D eigenvalue weighted by Crippen LogP contribution is -2.41. The van der Waals surface area contributed by atoms with Crippen molar-refractivity contribution in [3.05, 3.63) is 88.7 Å². The SMILES string of the molecule is CCCCOc1ccc2c(c1)c(F)c(-c1c(C)cccc1C)n2Cc1ccc(CCO[Si](C)(C)C(C)(C)C)cc1. The molecule has 4 rings (SSSR count). The number of nitrogens with zero attached hydrogens (tertiary/aromatic N) is 1. The van der Waals surface area contributed by atoms with Gasteiger partial charge in [-0.1, -0.05) is 76.6 Å². The third kappa shape index (κ3) is 6.53. The predicted octanol–water partition coefficient (Wildman–Crippen LogP) is 9.86. The fourth-order valence-corrected chi connectivity index (χ4v) is 5.99. The van der Waals surface area contributed by atoms with E-state index in [9.17, 15) is 0 Å². The van der Waals surface area contributed by atoms with Crippen LogP contribution in [0.15, 0.2) is 60.7 Å². The van der Waals surface area contributed by atoms with Gasteiger partial charge in [0.05, 0.1) is 17.8 Å². The van der Waals surface area contributed by atoms with E-state index in [4.69, 9.17) is 9.16 Å². The molecule has 4 aromatic rings. The Balaban J connectivity index is 1.65. The summed E-state index contributed by atoms with van der Waals surface area (Å²) in [5.74, 6) is 0.530. The number of ether oxygens (including phenoxy) is 1. The molecule has 214 valence electrons. The third-order valence-corrected chi connectivity index (χ3v) is 13.0. The Bertz CT molecular complexity index is 1430. The molecule has 5 heteroatoms. The predicted molar refractivity (Wildman–Crippen MR) is 170 cm³/mol. The Morgan fingerprint density at radius 1 is 0.875 bits per heavy atom. The number of halogens is 1. The van der Waals surface area contributed by atoms with Crippen molar-refractivity contribution in [3.63, 3.8) is 0 Å². The highest BCUT2D eigenvalue weighted by Gasteiger charge is 2.36. The number of aromatic nitrogens is 1. The van der Waals surface area contributed by atoms with E-state index in [0.29, 0.717) is 30.0 Å². The zero-order chi connectivity index (χ0) is 29.1. The molecule has 0 radical (unpaired) electrons. The van der Waals surface area contributed by atoms with E-state index in [1.54, 1.807) is 0 Å². The van der Waals surface area contributed by atoms with Gasteiger partial charge in [-0.3, -0.25) is 0 Å². The quantitative estimate of drug-likeness (QED) is 0.135. The van der Waals surface area contributed by atoms with E-state index in [2.05, 4.69) is 95.6 Å². The molecule has 0 saturated heterocycles. The summed E-state index contributed by atoms with van der Waals surface area (Å²) in [6.45, 7) is 19.6. The minimum absolute atomic E-state index is 0.187. The van der Waals surface area contributed by atoms with Crippen LogP contribution < -0.4 is 4.74 Å². The second-order valence-electron chi connectivity index (χ2n) is 12.6. The van der Waals surface area contributed by atoms with Crippen molar-refractivity contribution in [1.29, 1.82) is 0 Å². The van der Waals surface area contributed by atoms with Gasteiger partial charge in [-0.15, -0.1) is 0 Å². The van der Waals surface area contributed by atoms with Crippen molar-refractivity contribution in [2.45, 2.75) is 85.5 Å². The molecule has 1 heterocycles. The first-order valence-electron chi connectivity index (χ1n) is 14.7. The maximum atomic E-state index is 16.3. The Kier molecular flexibility index (Phi) is 9.26. The van der Waals surface area contributed by atoms with Crippen molar-refractivity contribution in [2.75, 3.05) is 13.2 Å². The first-order valence-corrected chi connectivity index (χ1v) is 17.6. The topological polar surface area (TPSA) is 23.4 Å². The van der Waals surface area contributed by atoms with Crippen LogP contribution in [-0.4, -0.2) is 26.1 Å². The summed E-state index contributed by atoms with van der Waals surface area (Å²) in [6, 6.07) is 20.7. The number of fused-ring (bicyclic) bond motifs is 1. The molecule has 0 spiro atoms. The molecule has 40 heavy (non-hydrogen) atoms. The molecular weight excluding hydrogens is 513 g/mol. The summed E-state index contributed by atoms with van der Waals surface area (Å²) in [4.78, 5) is 0. The summed E-state index contributed by atoms with van der Waals surface area (Å²) < 4.78 is 30.7. The fraction of sp³-hybridized carbons (Fsp3) is 0.429. The van der Waals surface area contributed by atoms with Gasteiger partial charge in [-0.05, 0) is 85.3 Å². The lowest BCUT2D eigenvalue weighted by molar-refractivity contribution is 0.292. The average molecular weight is 560 g/mol. The Morgan fingerprint density at radius 2 is 1.52 bits per heavy atom. The van der Waals surface area contributed by atoms with Gasteiger partial charge >= 0.3 is 0 Å². The van der Waals surface area contributed by atoms with Gasteiger partial charge in [0.2, 0.25) is 0 Å². The zero-order valence-electron chi connectivity index (χ0n) is 25.7. The molecule has 0 unspecified atom stereocenters. The molecule has 0 saturated carbocycles. The first-order chi connectivity index (χ1) is 18.9. The fourth-order valence-electron chi connectivity index (χ4n) is 4.95. The van der Waals surface area contributed by atoms with Crippen LogP contribution >= 0.6 is 0 Å². The highest BCUT2D eigenvalue weighted by Crippen LogP contribution is 2.38. The highest BCUT2D eigenvalue weighted by molar-refractivity contribution is 6.74. The summed E-state index contributed by atoms with van der Waals surface area (Å²) in [5.41, 5.74) is 7.02. The molecule has 3 nitrogen and oxygen atoms in total. The van der Waals surface area contributed by atoms with Gasteiger partial charge in [0, 0.05) is 24.1 Å². The van der Waals surface area contributed by atoms with Crippen LogP contribution in [0.5, 0.6) is 5.75 Å². The van der Waals surface area contributed by atoms with E-state index in [1.807, 2.05) is 24.3 Å². The molecule has 0 aliphatic heterocycles. The van der Waals surface area contributed by atoms with Crippen LogP contribution in [0.2, 0.25) is 18.1 Å². The Hall–Kier alpha value is -2.89. The lowest BCUT2D eigenvalue weighted by Gasteiger charge is -2.36. The molecule has 0 aliphatic carbocycles. The maximum Gasteiger partial charge on any atom is 0.191 e. The van der Waals surface area contributed by atoms with Gasteiger partial charge in [0.1, 0.15) is 5.75 Å². The molecule has 0 amide bonds. The Labute approximate surface area is 241 Å². The van der Waals surface area contributed by atoms with Crippen LogP contribution in [0.1, 0.15) is 62.8 Å². The molecule has 1 aromatic heterocycles. The number of benzene rings is 3. The molecule has 0 fully saturated rings. The third-order valence-electron chi connectivity index (χ3n) is 8.48. The van der Waals surface area contributed by atoms with E-state index >= 15 is 4.39 Å². The van der Waals surface area contributed by atoms with E-state index in [1.165, 1.54) is 5.56 Å². The minimum Gasteiger partial charge on any atom is -0.494 e. The van der Waals surface area contributed by atoms with Gasteiger partial charge in [-0.25, -0.2) is 4.39 Å². The molecule has 0 N–H and O–H groups in total. The summed E-state index contributed by atoms with van der Waals surface area (Å²) >= 11 is 0. The highest BCUT2D eigenvalue weighted by atomic mass is 28.4. The van der Waals surface area contributed by atoms with Crippen LogP contribution in [0, 0.1) is 19.7 Å². The molecular formula is C35H46FNO2Si. The standard InChI is InChI=1S/C35H46FNO2Si/c1-9-10-21-38-29-18-19-31-30(23-29)33(36)34(32-25(2)12-11-13-26(32)3)37(31)24-28-16-14-27(15-17-28)20-22-39-40(7,8)35(4,5)6/h11-19,23H,9-10,20-22,24H2,1-8H3. The van der Waals surface area contributed by atoms with Crippen LogP contribution in [-0.2, 0) is 17.4 Å². The Morgan fingerprint density at radius 3 is 2.15 bits per heavy atom. The van der Waals surface area contributed by atoms with Crippen molar-refractivity contribution in [2.24, 2.45) is 0 Å². The molecule has 3 aromatic carbocycles. The van der Waals surface area contributed by atoms with Crippen LogP contribution in [0.3, 0.4) is 0 Å². The molecule has 0 aliphatic rings. The lowest BCUT2D eigenvalue weighted by atomic mass is 9.99. The van der Waals surface area contributed by atoms with Crippen molar-refractivity contribution in [1.82, 2.24) is 4.57 Å². The molecule has 0 bridgehead atoms. The van der Waals surface area contributed by atoms with Crippen LogP contribution in [0.25, 0.3) is 22.2 Å². The average Bonchev–Trinajstić information content (AvgIpc) is 3.15. The second-order valence-corrected chi connectivity index (χ2v) is 17.4. The largest absolute Gasteiger partial charge is 0.494 e. The zero-order valence-corrected chi connectivity index (χ0v) is 26.7. The smallest absolute Gasteiger partial charge is 0.191 e. The van der Waals surface area contributed by atoms with Gasteiger partial charge < -0.3 is 13.7 Å². The van der Waals surface area contributed by atoms with Gasteiger partial charge in [0.25, 0.3) is 0 Å². The van der Waals surface area contributed by atoms with Crippen molar-refractivity contribution in [3.8, 4) is 17.0 Å². The summed E-state index contributed by atoms with van der Waals surface area (Å²) in [5, 5.41) is 0.812. The van der Waals surface area contributed by atoms with E-state index < -0.39 is 8.32 Å². The number of hydrogen-bond acceptors (Lipinski definition) is 2. The second kappa shape index (κ2) is 12.3. The van der Waals surface area contributed by atoms with Gasteiger partial charge in [-0.2, -0.15) is 0 Å². The summed E-state index contributed by atoms with van der Waals surface area (Å²) in [6.07, 6.45) is 2.93.